The van der Waals surface area contributed by atoms with Crippen LogP contribution in [-0.4, -0.2) is 34.6 Å². The molecule has 0 aromatic rings. The molecule has 0 aromatic heterocycles. The van der Waals surface area contributed by atoms with Crippen molar-refractivity contribution >= 4 is 23.5 Å². The molecule has 2 atom stereocenters. The van der Waals surface area contributed by atoms with E-state index < -0.39 is 11.9 Å². The highest BCUT2D eigenvalue weighted by molar-refractivity contribution is 6.39. The Labute approximate surface area is 104 Å². The third kappa shape index (κ3) is 2.66. The van der Waals surface area contributed by atoms with Crippen LogP contribution in [0.2, 0.25) is 0 Å². The second-order valence-electron chi connectivity index (χ2n) is 4.55. The van der Waals surface area contributed by atoms with E-state index >= 15 is 0 Å². The first-order chi connectivity index (χ1) is 8.58. The fraction of sp³-hybridized carbons (Fsp3) is 0.636. The van der Waals surface area contributed by atoms with Gasteiger partial charge in [-0.25, -0.2) is 5.43 Å². The second kappa shape index (κ2) is 5.16. The van der Waals surface area contributed by atoms with E-state index in [0.29, 0.717) is 19.3 Å². The first kappa shape index (κ1) is 12.5. The van der Waals surface area contributed by atoms with Crippen LogP contribution in [0.1, 0.15) is 32.1 Å². The molecule has 7 nitrogen and oxygen atoms in total. The van der Waals surface area contributed by atoms with Crippen molar-refractivity contribution in [1.82, 2.24) is 10.7 Å². The van der Waals surface area contributed by atoms with Crippen molar-refractivity contribution in [2.24, 2.45) is 11.0 Å². The Morgan fingerprint density at radius 2 is 2.11 bits per heavy atom. The van der Waals surface area contributed by atoms with E-state index in [1.807, 2.05) is 0 Å². The van der Waals surface area contributed by atoms with Gasteiger partial charge in [0.25, 0.3) is 5.91 Å². The largest absolute Gasteiger partial charge is 0.481 e. The first-order valence-corrected chi connectivity index (χ1v) is 5.97. The minimum absolute atomic E-state index is 0.212. The van der Waals surface area contributed by atoms with Crippen molar-refractivity contribution in [3.8, 4) is 0 Å². The van der Waals surface area contributed by atoms with Crippen LogP contribution in [-0.2, 0) is 14.4 Å². The van der Waals surface area contributed by atoms with Crippen LogP contribution in [0.15, 0.2) is 5.10 Å². The van der Waals surface area contributed by atoms with Crippen LogP contribution < -0.4 is 10.7 Å². The zero-order valence-electron chi connectivity index (χ0n) is 9.81. The third-order valence-corrected chi connectivity index (χ3v) is 3.32. The third-order valence-electron chi connectivity index (χ3n) is 3.32. The number of nitrogens with one attached hydrogen (secondary N) is 2. The summed E-state index contributed by atoms with van der Waals surface area (Å²) in [4.78, 5) is 33.7. The Balaban J connectivity index is 1.95. The van der Waals surface area contributed by atoms with E-state index in [0.717, 1.165) is 6.42 Å². The molecule has 2 aliphatic rings. The summed E-state index contributed by atoms with van der Waals surface area (Å²) < 4.78 is 0. The number of carboxylic acids is 1. The van der Waals surface area contributed by atoms with Crippen molar-refractivity contribution in [2.45, 2.75) is 38.1 Å². The molecule has 1 fully saturated rings. The van der Waals surface area contributed by atoms with Crippen molar-refractivity contribution in [3.05, 3.63) is 0 Å². The lowest BCUT2D eigenvalue weighted by Crippen LogP contribution is -2.45. The van der Waals surface area contributed by atoms with Crippen molar-refractivity contribution in [1.29, 1.82) is 0 Å². The van der Waals surface area contributed by atoms with Crippen LogP contribution in [0.25, 0.3) is 0 Å². The number of amides is 2. The summed E-state index contributed by atoms with van der Waals surface area (Å²) in [5.74, 6) is -1.99. The predicted octanol–water partition coefficient (Wildman–Crippen LogP) is -0.378. The van der Waals surface area contributed by atoms with Gasteiger partial charge in [0.2, 0.25) is 5.91 Å². The Morgan fingerprint density at radius 3 is 2.72 bits per heavy atom. The van der Waals surface area contributed by atoms with Gasteiger partial charge >= 0.3 is 5.97 Å². The van der Waals surface area contributed by atoms with Crippen molar-refractivity contribution < 1.29 is 19.5 Å². The number of aliphatic carboxylic acids is 1. The van der Waals surface area contributed by atoms with Crippen molar-refractivity contribution in [2.75, 3.05) is 0 Å². The molecule has 0 aromatic carbocycles. The molecule has 2 amide bonds. The van der Waals surface area contributed by atoms with Crippen LogP contribution in [0.5, 0.6) is 0 Å². The number of hydrazone groups is 1. The first-order valence-electron chi connectivity index (χ1n) is 5.97. The smallest absolute Gasteiger partial charge is 0.308 e. The maximum absolute atomic E-state index is 11.8. The number of carboxylic acid groups (broad SMARTS) is 1. The molecule has 3 N–H and O–H groups in total. The molecular weight excluding hydrogens is 238 g/mol. The zero-order chi connectivity index (χ0) is 13.1. The molecule has 1 aliphatic heterocycles. The second-order valence-corrected chi connectivity index (χ2v) is 4.55. The lowest BCUT2D eigenvalue weighted by molar-refractivity contribution is -0.142. The van der Waals surface area contributed by atoms with Crippen molar-refractivity contribution in [3.63, 3.8) is 0 Å². The molecule has 0 saturated heterocycles. The van der Waals surface area contributed by atoms with Gasteiger partial charge in [0.1, 0.15) is 5.71 Å². The number of hydrogen-bond donors (Lipinski definition) is 3. The molecule has 7 heteroatoms. The lowest BCUT2D eigenvalue weighted by atomic mass is 10.0. The normalized spacial score (nSPS) is 27.3. The molecule has 2 rings (SSSR count). The Bertz CT molecular complexity index is 419. The fourth-order valence-corrected chi connectivity index (χ4v) is 2.32. The number of carbonyl (C=O) groups is 3. The van der Waals surface area contributed by atoms with Gasteiger partial charge < -0.3 is 10.4 Å². The quantitative estimate of drug-likeness (QED) is 0.637. The maximum Gasteiger partial charge on any atom is 0.308 e. The molecule has 1 saturated carbocycles. The summed E-state index contributed by atoms with van der Waals surface area (Å²) in [6, 6.07) is -0.338. The Morgan fingerprint density at radius 1 is 1.33 bits per heavy atom. The van der Waals surface area contributed by atoms with Crippen LogP contribution in [0, 0.1) is 5.92 Å². The summed E-state index contributed by atoms with van der Waals surface area (Å²) >= 11 is 0. The van der Waals surface area contributed by atoms with Gasteiger partial charge in [-0.2, -0.15) is 5.10 Å². The van der Waals surface area contributed by atoms with Gasteiger partial charge in [-0.05, 0) is 12.8 Å². The Hall–Kier alpha value is -1.92. The summed E-state index contributed by atoms with van der Waals surface area (Å²) in [6.45, 7) is 0. The Kier molecular flexibility index (Phi) is 3.59. The predicted molar refractivity (Wildman–Crippen MR) is 61.7 cm³/mol. The monoisotopic (exact) mass is 253 g/mol. The van der Waals surface area contributed by atoms with Crippen LogP contribution >= 0.6 is 0 Å². The highest BCUT2D eigenvalue weighted by atomic mass is 16.4. The summed E-state index contributed by atoms with van der Waals surface area (Å²) in [5.41, 5.74) is 2.50. The SMILES string of the molecule is O=C1CCC(C(=O)NC2CCCC2C(=O)O)=NN1. The van der Waals surface area contributed by atoms with E-state index in [1.165, 1.54) is 0 Å². The molecule has 1 aliphatic carbocycles. The minimum atomic E-state index is -0.878. The fourth-order valence-electron chi connectivity index (χ4n) is 2.32. The van der Waals surface area contributed by atoms with Gasteiger partial charge in [0.15, 0.2) is 0 Å². The van der Waals surface area contributed by atoms with E-state index in [9.17, 15) is 14.4 Å². The van der Waals surface area contributed by atoms with Gasteiger partial charge in [-0.1, -0.05) is 6.42 Å². The average molecular weight is 253 g/mol. The molecular formula is C11H15N3O4. The molecule has 0 bridgehead atoms. The van der Waals surface area contributed by atoms with Crippen LogP contribution in [0.4, 0.5) is 0 Å². The molecule has 2 unspecified atom stereocenters. The van der Waals surface area contributed by atoms with Gasteiger partial charge in [-0.15, -0.1) is 0 Å². The lowest BCUT2D eigenvalue weighted by Gasteiger charge is -2.19. The number of carbonyl (C=O) groups excluding carboxylic acids is 2. The minimum Gasteiger partial charge on any atom is -0.481 e. The number of hydrogen-bond acceptors (Lipinski definition) is 4. The van der Waals surface area contributed by atoms with Gasteiger partial charge in [-0.3, -0.25) is 14.4 Å². The number of rotatable bonds is 3. The summed E-state index contributed by atoms with van der Waals surface area (Å²) in [7, 11) is 0. The van der Waals surface area contributed by atoms with Gasteiger partial charge in [0.05, 0.1) is 5.92 Å². The van der Waals surface area contributed by atoms with Gasteiger partial charge in [0, 0.05) is 18.9 Å². The number of nitrogens with zero attached hydrogens (tertiary/aromatic N) is 1. The average Bonchev–Trinajstić information content (AvgIpc) is 2.78. The molecule has 1 heterocycles. The summed E-state index contributed by atoms with van der Waals surface area (Å²) in [5, 5.41) is 15.4. The summed E-state index contributed by atoms with van der Waals surface area (Å²) in [6.07, 6.45) is 2.58. The molecule has 0 spiro atoms. The standard InChI is InChI=1S/C11H15N3O4/c15-9-5-4-8(13-14-9)10(16)12-7-3-1-2-6(7)11(17)18/h6-7H,1-5H2,(H,12,16)(H,14,15)(H,17,18). The van der Waals surface area contributed by atoms with E-state index in [2.05, 4.69) is 15.8 Å². The molecule has 98 valence electrons. The van der Waals surface area contributed by atoms with E-state index in [4.69, 9.17) is 5.11 Å². The zero-order valence-corrected chi connectivity index (χ0v) is 9.81. The van der Waals surface area contributed by atoms with E-state index in [1.54, 1.807) is 0 Å². The molecule has 0 radical (unpaired) electrons. The molecule has 18 heavy (non-hydrogen) atoms. The highest BCUT2D eigenvalue weighted by Gasteiger charge is 2.34. The van der Waals surface area contributed by atoms with Crippen LogP contribution in [0.3, 0.4) is 0 Å². The highest BCUT2D eigenvalue weighted by Crippen LogP contribution is 2.25. The van der Waals surface area contributed by atoms with E-state index in [-0.39, 0.29) is 30.0 Å². The maximum atomic E-state index is 11.8. The topological polar surface area (TPSA) is 108 Å².